The molecule has 0 unspecified atom stereocenters. The van der Waals surface area contributed by atoms with Crippen LogP contribution in [0.3, 0.4) is 0 Å². The quantitative estimate of drug-likeness (QED) is 0.732. The molecular weight excluding hydrogens is 360 g/mol. The molecule has 1 aromatic heterocycles. The summed E-state index contributed by atoms with van der Waals surface area (Å²) in [4.78, 5) is 30.8. The van der Waals surface area contributed by atoms with E-state index in [0.29, 0.717) is 18.1 Å². The van der Waals surface area contributed by atoms with E-state index in [9.17, 15) is 9.59 Å². The van der Waals surface area contributed by atoms with Gasteiger partial charge in [0.05, 0.1) is 12.1 Å². The number of hydrogen-bond acceptors (Lipinski definition) is 5. The first-order valence-corrected chi connectivity index (χ1v) is 10.3. The minimum absolute atomic E-state index is 0.0768. The number of hydrogen-bond donors (Lipinski definition) is 2. The average Bonchev–Trinajstić information content (AvgIpc) is 3.10. The van der Waals surface area contributed by atoms with E-state index in [-0.39, 0.29) is 18.2 Å². The van der Waals surface area contributed by atoms with Crippen molar-refractivity contribution in [3.05, 3.63) is 47.0 Å². The van der Waals surface area contributed by atoms with Gasteiger partial charge in [0.1, 0.15) is 0 Å². The van der Waals surface area contributed by atoms with Gasteiger partial charge in [-0.2, -0.15) is 0 Å². The molecule has 1 fully saturated rings. The van der Waals surface area contributed by atoms with Gasteiger partial charge in [-0.3, -0.25) is 14.5 Å². The minimum atomic E-state index is -0.131. The molecule has 0 atom stereocenters. The molecule has 2 aromatic rings. The summed E-state index contributed by atoms with van der Waals surface area (Å²) < 4.78 is 0. The third kappa shape index (κ3) is 6.77. The summed E-state index contributed by atoms with van der Waals surface area (Å²) in [5, 5.41) is 8.24. The van der Waals surface area contributed by atoms with Crippen LogP contribution in [0.2, 0.25) is 0 Å². The largest absolute Gasteiger partial charge is 0.355 e. The maximum absolute atomic E-state index is 12.0. The van der Waals surface area contributed by atoms with Crippen LogP contribution in [0.15, 0.2) is 35.7 Å². The van der Waals surface area contributed by atoms with Crippen molar-refractivity contribution in [1.82, 2.24) is 15.2 Å². The molecule has 2 N–H and O–H groups in total. The summed E-state index contributed by atoms with van der Waals surface area (Å²) in [6.45, 7) is 3.43. The lowest BCUT2D eigenvalue weighted by molar-refractivity contribution is -0.120. The van der Waals surface area contributed by atoms with Gasteiger partial charge in [0.15, 0.2) is 5.13 Å². The van der Waals surface area contributed by atoms with Crippen LogP contribution in [0.5, 0.6) is 0 Å². The van der Waals surface area contributed by atoms with Gasteiger partial charge in [-0.25, -0.2) is 4.98 Å². The van der Waals surface area contributed by atoms with Crippen molar-refractivity contribution >= 4 is 28.3 Å². The van der Waals surface area contributed by atoms with Crippen molar-refractivity contribution in [3.63, 3.8) is 0 Å². The van der Waals surface area contributed by atoms with Crippen LogP contribution in [0.1, 0.15) is 36.9 Å². The maximum Gasteiger partial charge on any atom is 0.227 e. The second kappa shape index (κ2) is 10.2. The molecule has 1 aromatic carbocycles. The predicted molar refractivity (Wildman–Crippen MR) is 108 cm³/mol. The fraction of sp³-hybridized carbons (Fsp3) is 0.450. The Hall–Kier alpha value is -2.25. The van der Waals surface area contributed by atoms with E-state index in [0.717, 1.165) is 30.9 Å². The molecule has 6 nitrogen and oxygen atoms in total. The molecule has 1 aliphatic rings. The Labute approximate surface area is 164 Å². The number of benzene rings is 1. The number of aromatic nitrogens is 1. The first-order chi connectivity index (χ1) is 13.2. The summed E-state index contributed by atoms with van der Waals surface area (Å²) in [6.07, 6.45) is 4.39. The highest BCUT2D eigenvalue weighted by molar-refractivity contribution is 7.13. The van der Waals surface area contributed by atoms with Crippen LogP contribution in [0.4, 0.5) is 5.13 Å². The number of nitrogens with zero attached hydrogens (tertiary/aromatic N) is 2. The van der Waals surface area contributed by atoms with Crippen LogP contribution in [0, 0.1) is 0 Å². The van der Waals surface area contributed by atoms with E-state index in [1.165, 1.54) is 30.6 Å². The molecule has 1 aliphatic heterocycles. The number of amides is 2. The van der Waals surface area contributed by atoms with Crippen LogP contribution >= 0.6 is 11.3 Å². The average molecular weight is 387 g/mol. The number of nitrogens with one attached hydrogen (secondary N) is 2. The van der Waals surface area contributed by atoms with Gasteiger partial charge < -0.3 is 10.6 Å². The highest BCUT2D eigenvalue weighted by Gasteiger charge is 2.13. The van der Waals surface area contributed by atoms with Crippen molar-refractivity contribution in [2.45, 2.75) is 38.6 Å². The normalized spacial score (nSPS) is 14.7. The van der Waals surface area contributed by atoms with Gasteiger partial charge >= 0.3 is 0 Å². The molecular formula is C20H26N4O2S. The highest BCUT2D eigenvalue weighted by Crippen LogP contribution is 2.18. The van der Waals surface area contributed by atoms with Gasteiger partial charge in [0, 0.05) is 24.9 Å². The van der Waals surface area contributed by atoms with Crippen molar-refractivity contribution in [2.75, 3.05) is 25.0 Å². The fourth-order valence-electron chi connectivity index (χ4n) is 3.12. The summed E-state index contributed by atoms with van der Waals surface area (Å²) in [5.41, 5.74) is 1.97. The number of thiazole rings is 1. The van der Waals surface area contributed by atoms with Crippen LogP contribution < -0.4 is 10.6 Å². The van der Waals surface area contributed by atoms with Gasteiger partial charge in [0.25, 0.3) is 0 Å². The molecule has 1 saturated heterocycles. The van der Waals surface area contributed by atoms with E-state index >= 15 is 0 Å². The van der Waals surface area contributed by atoms with Crippen molar-refractivity contribution in [1.29, 1.82) is 0 Å². The van der Waals surface area contributed by atoms with E-state index in [1.54, 1.807) is 0 Å². The molecule has 0 radical (unpaired) electrons. The van der Waals surface area contributed by atoms with Gasteiger partial charge in [-0.05, 0) is 31.5 Å². The van der Waals surface area contributed by atoms with E-state index in [1.807, 2.05) is 35.7 Å². The lowest BCUT2D eigenvalue weighted by Crippen LogP contribution is -2.29. The zero-order chi connectivity index (χ0) is 18.9. The Balaban J connectivity index is 1.35. The van der Waals surface area contributed by atoms with Gasteiger partial charge in [-0.1, -0.05) is 36.8 Å². The molecule has 2 amide bonds. The molecule has 27 heavy (non-hydrogen) atoms. The molecule has 7 heteroatoms. The second-order valence-electron chi connectivity index (χ2n) is 6.79. The third-order valence-electron chi connectivity index (χ3n) is 4.51. The lowest BCUT2D eigenvalue weighted by Gasteiger charge is -2.25. The zero-order valence-corrected chi connectivity index (χ0v) is 16.3. The first-order valence-electron chi connectivity index (χ1n) is 9.46. The Bertz CT molecular complexity index is 741. The SMILES string of the molecule is O=C(Cc1ccccc1)NCCC(=O)Nc1nc(CN2CCCCC2)cs1. The number of carbonyl (C=O) groups is 2. The second-order valence-corrected chi connectivity index (χ2v) is 7.65. The zero-order valence-electron chi connectivity index (χ0n) is 15.4. The van der Waals surface area contributed by atoms with Crippen LogP contribution in [0.25, 0.3) is 0 Å². The molecule has 0 aliphatic carbocycles. The molecule has 3 rings (SSSR count). The highest BCUT2D eigenvalue weighted by atomic mass is 32.1. The number of piperidine rings is 1. The lowest BCUT2D eigenvalue weighted by atomic mass is 10.1. The van der Waals surface area contributed by atoms with Gasteiger partial charge in [-0.15, -0.1) is 11.3 Å². The fourth-order valence-corrected chi connectivity index (χ4v) is 3.84. The number of anilines is 1. The van der Waals surface area contributed by atoms with E-state index < -0.39 is 0 Å². The number of likely N-dealkylation sites (tertiary alicyclic amines) is 1. The van der Waals surface area contributed by atoms with E-state index in [4.69, 9.17) is 0 Å². The Morgan fingerprint density at radius 3 is 2.63 bits per heavy atom. The first kappa shape index (κ1) is 19.5. The Morgan fingerprint density at radius 1 is 1.07 bits per heavy atom. The minimum Gasteiger partial charge on any atom is -0.355 e. The van der Waals surface area contributed by atoms with Gasteiger partial charge in [0.2, 0.25) is 11.8 Å². The van der Waals surface area contributed by atoms with Crippen molar-refractivity contribution < 1.29 is 9.59 Å². The topological polar surface area (TPSA) is 74.3 Å². The maximum atomic E-state index is 12.0. The number of carbonyl (C=O) groups excluding carboxylic acids is 2. The smallest absolute Gasteiger partial charge is 0.227 e. The predicted octanol–water partition coefficient (Wildman–Crippen LogP) is 2.82. The standard InChI is InChI=1S/C20H26N4O2S/c25-18(9-10-21-19(26)13-16-7-3-1-4-8-16)23-20-22-17(15-27-20)14-24-11-5-2-6-12-24/h1,3-4,7-8,15H,2,5-6,9-14H2,(H,21,26)(H,22,23,25). The molecule has 0 saturated carbocycles. The summed E-state index contributed by atoms with van der Waals surface area (Å²) in [7, 11) is 0. The summed E-state index contributed by atoms with van der Waals surface area (Å²) in [6, 6.07) is 9.56. The van der Waals surface area contributed by atoms with Crippen molar-refractivity contribution in [2.24, 2.45) is 0 Å². The van der Waals surface area contributed by atoms with Crippen LogP contribution in [-0.2, 0) is 22.6 Å². The third-order valence-corrected chi connectivity index (χ3v) is 5.32. The Kier molecular flexibility index (Phi) is 7.36. The Morgan fingerprint density at radius 2 is 1.85 bits per heavy atom. The summed E-state index contributed by atoms with van der Waals surface area (Å²) in [5.74, 6) is -0.207. The molecule has 0 spiro atoms. The van der Waals surface area contributed by atoms with Crippen LogP contribution in [-0.4, -0.2) is 41.3 Å². The molecule has 144 valence electrons. The van der Waals surface area contributed by atoms with Crippen molar-refractivity contribution in [3.8, 4) is 0 Å². The molecule has 2 heterocycles. The monoisotopic (exact) mass is 386 g/mol. The molecule has 0 bridgehead atoms. The number of rotatable bonds is 8. The summed E-state index contributed by atoms with van der Waals surface area (Å²) >= 11 is 1.45. The van der Waals surface area contributed by atoms with E-state index in [2.05, 4.69) is 20.5 Å².